The minimum absolute atomic E-state index is 0.643. The first kappa shape index (κ1) is 11.9. The van der Waals surface area contributed by atoms with Crippen LogP contribution in [0, 0.1) is 13.8 Å². The Bertz CT molecular complexity index is 480. The summed E-state index contributed by atoms with van der Waals surface area (Å²) in [5.41, 5.74) is 9.51. The molecule has 3 nitrogen and oxygen atoms in total. The topological polar surface area (TPSA) is 43.8 Å². The molecule has 1 heterocycles. The Labute approximate surface area is 102 Å². The van der Waals surface area contributed by atoms with E-state index in [4.69, 9.17) is 5.73 Å². The van der Waals surface area contributed by atoms with E-state index in [0.717, 1.165) is 18.8 Å². The van der Waals surface area contributed by atoms with Crippen LogP contribution in [0.15, 0.2) is 30.6 Å². The lowest BCUT2D eigenvalue weighted by Gasteiger charge is -2.09. The average molecular weight is 229 g/mol. The fraction of sp³-hybridized carbons (Fsp3) is 0.357. The molecular formula is C14H19N3. The van der Waals surface area contributed by atoms with Crippen molar-refractivity contribution < 1.29 is 0 Å². The lowest BCUT2D eigenvalue weighted by molar-refractivity contribution is 0.715. The highest BCUT2D eigenvalue weighted by Crippen LogP contribution is 2.11. The van der Waals surface area contributed by atoms with Gasteiger partial charge < -0.3 is 10.3 Å². The molecule has 0 spiro atoms. The Balaban J connectivity index is 2.22. The molecule has 1 aromatic carbocycles. The predicted octanol–water partition coefficient (Wildman–Crippen LogP) is 2.05. The van der Waals surface area contributed by atoms with E-state index < -0.39 is 0 Å². The molecule has 0 unspecified atom stereocenters. The monoisotopic (exact) mass is 229 g/mol. The van der Waals surface area contributed by atoms with Crippen LogP contribution in [0.2, 0.25) is 0 Å². The van der Waals surface area contributed by atoms with Crippen molar-refractivity contribution in [1.29, 1.82) is 0 Å². The van der Waals surface area contributed by atoms with E-state index in [1.54, 1.807) is 0 Å². The van der Waals surface area contributed by atoms with Crippen molar-refractivity contribution in [3.8, 4) is 0 Å². The standard InChI is InChI=1S/C14H19N3/c1-11-7-12(2)9-13(8-11)10-17-6-5-16-14(17)3-4-15/h5-9H,3-4,10,15H2,1-2H3. The molecule has 3 heteroatoms. The fourth-order valence-corrected chi connectivity index (χ4v) is 2.20. The summed E-state index contributed by atoms with van der Waals surface area (Å²) < 4.78 is 2.17. The molecular weight excluding hydrogens is 210 g/mol. The van der Waals surface area contributed by atoms with E-state index in [1.165, 1.54) is 16.7 Å². The predicted molar refractivity (Wildman–Crippen MR) is 70.0 cm³/mol. The molecule has 0 saturated heterocycles. The fourth-order valence-electron chi connectivity index (χ4n) is 2.20. The van der Waals surface area contributed by atoms with E-state index in [1.807, 2.05) is 12.4 Å². The Morgan fingerprint density at radius 2 is 1.88 bits per heavy atom. The SMILES string of the molecule is Cc1cc(C)cc(Cn2ccnc2CCN)c1. The number of benzene rings is 1. The van der Waals surface area contributed by atoms with Gasteiger partial charge in [0.25, 0.3) is 0 Å². The van der Waals surface area contributed by atoms with E-state index in [-0.39, 0.29) is 0 Å². The second kappa shape index (κ2) is 5.15. The zero-order valence-electron chi connectivity index (χ0n) is 10.5. The molecule has 0 atom stereocenters. The molecule has 0 saturated carbocycles. The first-order valence-electron chi connectivity index (χ1n) is 5.96. The zero-order chi connectivity index (χ0) is 12.3. The van der Waals surface area contributed by atoms with Gasteiger partial charge in [-0.2, -0.15) is 0 Å². The van der Waals surface area contributed by atoms with Gasteiger partial charge >= 0.3 is 0 Å². The first-order chi connectivity index (χ1) is 8.19. The van der Waals surface area contributed by atoms with Crippen LogP contribution in [-0.2, 0) is 13.0 Å². The molecule has 2 N–H and O–H groups in total. The molecule has 0 radical (unpaired) electrons. The number of aryl methyl sites for hydroxylation is 2. The molecule has 1 aromatic heterocycles. The highest BCUT2D eigenvalue weighted by molar-refractivity contribution is 5.28. The minimum atomic E-state index is 0.643. The van der Waals surface area contributed by atoms with Crippen LogP contribution >= 0.6 is 0 Å². The quantitative estimate of drug-likeness (QED) is 0.872. The Morgan fingerprint density at radius 3 is 2.53 bits per heavy atom. The summed E-state index contributed by atoms with van der Waals surface area (Å²) >= 11 is 0. The molecule has 0 amide bonds. The summed E-state index contributed by atoms with van der Waals surface area (Å²) in [7, 11) is 0. The largest absolute Gasteiger partial charge is 0.330 e. The van der Waals surface area contributed by atoms with Gasteiger partial charge in [0.15, 0.2) is 0 Å². The van der Waals surface area contributed by atoms with Crippen molar-refractivity contribution >= 4 is 0 Å². The lowest BCUT2D eigenvalue weighted by atomic mass is 10.1. The van der Waals surface area contributed by atoms with Gasteiger partial charge in [-0.05, 0) is 26.0 Å². The van der Waals surface area contributed by atoms with Gasteiger partial charge in [0.2, 0.25) is 0 Å². The van der Waals surface area contributed by atoms with Crippen molar-refractivity contribution in [2.24, 2.45) is 5.73 Å². The maximum atomic E-state index is 5.58. The Morgan fingerprint density at radius 1 is 1.18 bits per heavy atom. The third-order valence-electron chi connectivity index (χ3n) is 2.80. The van der Waals surface area contributed by atoms with Gasteiger partial charge in [0, 0.05) is 25.4 Å². The summed E-state index contributed by atoms with van der Waals surface area (Å²) in [6.07, 6.45) is 4.69. The lowest BCUT2D eigenvalue weighted by Crippen LogP contribution is -2.10. The molecule has 2 aromatic rings. The third-order valence-corrected chi connectivity index (χ3v) is 2.80. The Kier molecular flexibility index (Phi) is 3.59. The highest BCUT2D eigenvalue weighted by Gasteiger charge is 2.03. The summed E-state index contributed by atoms with van der Waals surface area (Å²) in [5.74, 6) is 1.06. The van der Waals surface area contributed by atoms with Crippen molar-refractivity contribution in [2.45, 2.75) is 26.8 Å². The van der Waals surface area contributed by atoms with Crippen molar-refractivity contribution in [2.75, 3.05) is 6.54 Å². The smallest absolute Gasteiger partial charge is 0.110 e. The van der Waals surface area contributed by atoms with Crippen LogP contribution in [0.4, 0.5) is 0 Å². The van der Waals surface area contributed by atoms with Crippen molar-refractivity contribution in [1.82, 2.24) is 9.55 Å². The Hall–Kier alpha value is -1.61. The van der Waals surface area contributed by atoms with Gasteiger partial charge in [-0.3, -0.25) is 0 Å². The van der Waals surface area contributed by atoms with Crippen LogP contribution in [0.25, 0.3) is 0 Å². The number of rotatable bonds is 4. The number of aromatic nitrogens is 2. The van der Waals surface area contributed by atoms with Gasteiger partial charge in [0.1, 0.15) is 5.82 Å². The van der Waals surface area contributed by atoms with E-state index >= 15 is 0 Å². The second-order valence-electron chi connectivity index (χ2n) is 4.51. The van der Waals surface area contributed by atoms with Crippen LogP contribution in [0.1, 0.15) is 22.5 Å². The maximum Gasteiger partial charge on any atom is 0.110 e. The normalized spacial score (nSPS) is 10.8. The molecule has 17 heavy (non-hydrogen) atoms. The molecule has 90 valence electrons. The number of hydrogen-bond donors (Lipinski definition) is 1. The van der Waals surface area contributed by atoms with Gasteiger partial charge in [-0.25, -0.2) is 4.98 Å². The second-order valence-corrected chi connectivity index (χ2v) is 4.51. The average Bonchev–Trinajstić information content (AvgIpc) is 2.65. The zero-order valence-corrected chi connectivity index (χ0v) is 10.5. The highest BCUT2D eigenvalue weighted by atomic mass is 15.1. The number of hydrogen-bond acceptors (Lipinski definition) is 2. The maximum absolute atomic E-state index is 5.58. The van der Waals surface area contributed by atoms with Gasteiger partial charge in [0.05, 0.1) is 0 Å². The number of imidazole rings is 1. The van der Waals surface area contributed by atoms with Crippen molar-refractivity contribution in [3.05, 3.63) is 53.1 Å². The molecule has 0 fully saturated rings. The summed E-state index contributed by atoms with van der Waals surface area (Å²) in [6, 6.07) is 6.64. The van der Waals surface area contributed by atoms with Crippen LogP contribution in [0.5, 0.6) is 0 Å². The summed E-state index contributed by atoms with van der Waals surface area (Å²) in [5, 5.41) is 0. The molecule has 0 aliphatic rings. The van der Waals surface area contributed by atoms with E-state index in [9.17, 15) is 0 Å². The van der Waals surface area contributed by atoms with Crippen LogP contribution < -0.4 is 5.73 Å². The molecule has 0 aliphatic carbocycles. The molecule has 0 bridgehead atoms. The minimum Gasteiger partial charge on any atom is -0.330 e. The molecule has 0 aliphatic heterocycles. The summed E-state index contributed by atoms with van der Waals surface area (Å²) in [6.45, 7) is 5.78. The van der Waals surface area contributed by atoms with Crippen LogP contribution in [0.3, 0.4) is 0 Å². The third kappa shape index (κ3) is 2.94. The first-order valence-corrected chi connectivity index (χ1v) is 5.96. The molecule has 2 rings (SSSR count). The number of nitrogens with two attached hydrogens (primary N) is 1. The van der Waals surface area contributed by atoms with E-state index in [0.29, 0.717) is 6.54 Å². The summed E-state index contributed by atoms with van der Waals surface area (Å²) in [4.78, 5) is 4.33. The van der Waals surface area contributed by atoms with Crippen LogP contribution in [-0.4, -0.2) is 16.1 Å². The van der Waals surface area contributed by atoms with Gasteiger partial charge in [-0.1, -0.05) is 29.3 Å². The number of nitrogens with zero attached hydrogens (tertiary/aromatic N) is 2. The van der Waals surface area contributed by atoms with E-state index in [2.05, 4.69) is 41.6 Å². The van der Waals surface area contributed by atoms with Gasteiger partial charge in [-0.15, -0.1) is 0 Å². The van der Waals surface area contributed by atoms with Crippen molar-refractivity contribution in [3.63, 3.8) is 0 Å².